The molecule has 0 saturated carbocycles. The zero-order chi connectivity index (χ0) is 17.0. The monoisotopic (exact) mass is 357 g/mol. The van der Waals surface area contributed by atoms with E-state index in [2.05, 4.69) is 5.32 Å². The highest BCUT2D eigenvalue weighted by Gasteiger charge is 2.37. The van der Waals surface area contributed by atoms with E-state index in [1.807, 2.05) is 0 Å². The van der Waals surface area contributed by atoms with Crippen LogP contribution in [0, 0.1) is 0 Å². The molecule has 1 aliphatic rings. The Balaban J connectivity index is 0.00000288. The van der Waals surface area contributed by atoms with E-state index in [1.54, 1.807) is 51.4 Å². The Hall–Kier alpha value is -1.99. The molecule has 134 valence electrons. The standard InChI is InChI=1S/C16H23N3O4.ClH/c1-17-10-15(20)18(2)14-5-6-19(16(14)21)11-7-12(22-3)9-13(8-11)23-4;/h7-9,14,17H,5-6,10H2,1-4H3;1H. The molecule has 2 amide bonds. The minimum atomic E-state index is -0.437. The summed E-state index contributed by atoms with van der Waals surface area (Å²) in [4.78, 5) is 27.8. The normalized spacial score (nSPS) is 16.6. The number of rotatable bonds is 6. The molecule has 1 fully saturated rings. The van der Waals surface area contributed by atoms with E-state index in [-0.39, 0.29) is 30.8 Å². The number of methoxy groups -OCH3 is 2. The Labute approximate surface area is 148 Å². The second-order valence-corrected chi connectivity index (χ2v) is 5.40. The van der Waals surface area contributed by atoms with Crippen LogP contribution in [-0.4, -0.2) is 64.2 Å². The molecule has 0 bridgehead atoms. The van der Waals surface area contributed by atoms with Gasteiger partial charge in [0.1, 0.15) is 17.5 Å². The molecule has 1 N–H and O–H groups in total. The molecule has 1 heterocycles. The molecule has 1 aromatic carbocycles. The Morgan fingerprint density at radius 2 is 1.88 bits per heavy atom. The molecular weight excluding hydrogens is 334 g/mol. The number of likely N-dealkylation sites (N-methyl/N-ethyl adjacent to an activating group) is 2. The first-order chi connectivity index (χ1) is 11.0. The van der Waals surface area contributed by atoms with Gasteiger partial charge in [-0.3, -0.25) is 9.59 Å². The summed E-state index contributed by atoms with van der Waals surface area (Å²) in [7, 11) is 6.50. The van der Waals surface area contributed by atoms with Gasteiger partial charge in [-0.2, -0.15) is 0 Å². The largest absolute Gasteiger partial charge is 0.497 e. The molecular formula is C16H24ClN3O4. The number of hydrogen-bond acceptors (Lipinski definition) is 5. The molecule has 1 aliphatic heterocycles. The van der Waals surface area contributed by atoms with Gasteiger partial charge in [0, 0.05) is 31.8 Å². The maximum Gasteiger partial charge on any atom is 0.249 e. The fourth-order valence-electron chi connectivity index (χ4n) is 2.68. The Bertz CT molecular complexity index is 574. The third kappa shape index (κ3) is 4.10. The quantitative estimate of drug-likeness (QED) is 0.819. The summed E-state index contributed by atoms with van der Waals surface area (Å²) < 4.78 is 10.5. The van der Waals surface area contributed by atoms with Crippen molar-refractivity contribution in [3.63, 3.8) is 0 Å². The van der Waals surface area contributed by atoms with Gasteiger partial charge in [0.05, 0.1) is 26.5 Å². The average molecular weight is 358 g/mol. The first-order valence-corrected chi connectivity index (χ1v) is 7.46. The summed E-state index contributed by atoms with van der Waals surface area (Å²) in [6.07, 6.45) is 0.602. The highest BCUT2D eigenvalue weighted by Crippen LogP contribution is 2.31. The number of nitrogens with zero attached hydrogens (tertiary/aromatic N) is 2. The SMILES string of the molecule is CNCC(=O)N(C)C1CCN(c2cc(OC)cc(OC)c2)C1=O.Cl. The Morgan fingerprint density at radius 3 is 2.38 bits per heavy atom. The first kappa shape index (κ1) is 20.1. The number of nitrogens with one attached hydrogen (secondary N) is 1. The van der Waals surface area contributed by atoms with Gasteiger partial charge in [0.2, 0.25) is 11.8 Å². The van der Waals surface area contributed by atoms with E-state index >= 15 is 0 Å². The van der Waals surface area contributed by atoms with Gasteiger partial charge in [-0.15, -0.1) is 12.4 Å². The van der Waals surface area contributed by atoms with Gasteiger partial charge < -0.3 is 24.6 Å². The fraction of sp³-hybridized carbons (Fsp3) is 0.500. The van der Waals surface area contributed by atoms with Crippen LogP contribution in [0.4, 0.5) is 5.69 Å². The van der Waals surface area contributed by atoms with Gasteiger partial charge in [-0.1, -0.05) is 0 Å². The highest BCUT2D eigenvalue weighted by atomic mass is 35.5. The summed E-state index contributed by atoms with van der Waals surface area (Å²) in [5.41, 5.74) is 0.711. The minimum Gasteiger partial charge on any atom is -0.497 e. The fourth-order valence-corrected chi connectivity index (χ4v) is 2.68. The lowest BCUT2D eigenvalue weighted by Gasteiger charge is -2.24. The molecule has 24 heavy (non-hydrogen) atoms. The second-order valence-electron chi connectivity index (χ2n) is 5.40. The average Bonchev–Trinajstić information content (AvgIpc) is 2.95. The molecule has 0 radical (unpaired) electrons. The van der Waals surface area contributed by atoms with E-state index in [4.69, 9.17) is 9.47 Å². The van der Waals surface area contributed by atoms with E-state index in [0.717, 1.165) is 0 Å². The van der Waals surface area contributed by atoms with Crippen LogP contribution in [0.15, 0.2) is 18.2 Å². The van der Waals surface area contributed by atoms with Crippen LogP contribution < -0.4 is 19.7 Å². The number of carbonyl (C=O) groups is 2. The van der Waals surface area contributed by atoms with Gasteiger partial charge >= 0.3 is 0 Å². The second kappa shape index (κ2) is 8.75. The van der Waals surface area contributed by atoms with E-state index in [9.17, 15) is 9.59 Å². The first-order valence-electron chi connectivity index (χ1n) is 7.46. The smallest absolute Gasteiger partial charge is 0.249 e. The number of halogens is 1. The van der Waals surface area contributed by atoms with Crippen LogP contribution in [0.5, 0.6) is 11.5 Å². The predicted octanol–water partition coefficient (Wildman–Crippen LogP) is 0.909. The highest BCUT2D eigenvalue weighted by molar-refractivity contribution is 6.01. The van der Waals surface area contributed by atoms with Gasteiger partial charge in [0.15, 0.2) is 0 Å². The van der Waals surface area contributed by atoms with Crippen LogP contribution in [0.1, 0.15) is 6.42 Å². The van der Waals surface area contributed by atoms with E-state index in [0.29, 0.717) is 30.2 Å². The summed E-state index contributed by atoms with van der Waals surface area (Å²) >= 11 is 0. The minimum absolute atomic E-state index is 0. The van der Waals surface area contributed by atoms with Crippen molar-refractivity contribution >= 4 is 29.9 Å². The van der Waals surface area contributed by atoms with Crippen molar-refractivity contribution in [3.05, 3.63) is 18.2 Å². The number of anilines is 1. The number of carbonyl (C=O) groups excluding carboxylic acids is 2. The van der Waals surface area contributed by atoms with Crippen LogP contribution in [0.25, 0.3) is 0 Å². The van der Waals surface area contributed by atoms with Crippen molar-refractivity contribution in [2.45, 2.75) is 12.5 Å². The van der Waals surface area contributed by atoms with Crippen molar-refractivity contribution in [2.75, 3.05) is 46.3 Å². The molecule has 0 aliphatic carbocycles. The van der Waals surface area contributed by atoms with Gasteiger partial charge in [0.25, 0.3) is 0 Å². The van der Waals surface area contributed by atoms with Crippen molar-refractivity contribution in [2.24, 2.45) is 0 Å². The number of ether oxygens (including phenoxy) is 2. The molecule has 1 unspecified atom stereocenters. The van der Waals surface area contributed by atoms with Gasteiger partial charge in [-0.25, -0.2) is 0 Å². The van der Waals surface area contributed by atoms with Crippen LogP contribution in [-0.2, 0) is 9.59 Å². The van der Waals surface area contributed by atoms with Crippen LogP contribution in [0.2, 0.25) is 0 Å². The third-order valence-corrected chi connectivity index (χ3v) is 4.01. The van der Waals surface area contributed by atoms with Crippen molar-refractivity contribution in [1.82, 2.24) is 10.2 Å². The lowest BCUT2D eigenvalue weighted by molar-refractivity contribution is -0.135. The van der Waals surface area contributed by atoms with Crippen molar-refractivity contribution in [1.29, 1.82) is 0 Å². The maximum absolute atomic E-state index is 12.7. The molecule has 1 atom stereocenters. The molecule has 0 aromatic heterocycles. The molecule has 1 aromatic rings. The molecule has 8 heteroatoms. The lowest BCUT2D eigenvalue weighted by Crippen LogP contribution is -2.45. The van der Waals surface area contributed by atoms with Crippen LogP contribution in [0.3, 0.4) is 0 Å². The molecule has 1 saturated heterocycles. The Morgan fingerprint density at radius 1 is 1.29 bits per heavy atom. The summed E-state index contributed by atoms with van der Waals surface area (Å²) in [5.74, 6) is 1.05. The summed E-state index contributed by atoms with van der Waals surface area (Å²) in [6.45, 7) is 0.768. The van der Waals surface area contributed by atoms with Crippen molar-refractivity contribution in [3.8, 4) is 11.5 Å². The molecule has 0 spiro atoms. The van der Waals surface area contributed by atoms with Crippen molar-refractivity contribution < 1.29 is 19.1 Å². The zero-order valence-corrected chi connectivity index (χ0v) is 15.2. The van der Waals surface area contributed by atoms with Crippen LogP contribution >= 0.6 is 12.4 Å². The molecule has 7 nitrogen and oxygen atoms in total. The topological polar surface area (TPSA) is 71.1 Å². The number of amides is 2. The summed E-state index contributed by atoms with van der Waals surface area (Å²) in [6, 6.07) is 4.90. The molecule has 2 rings (SSSR count). The third-order valence-electron chi connectivity index (χ3n) is 4.01. The maximum atomic E-state index is 12.7. The summed E-state index contributed by atoms with van der Waals surface area (Å²) in [5, 5.41) is 2.81. The number of hydrogen-bond donors (Lipinski definition) is 1. The zero-order valence-electron chi connectivity index (χ0n) is 14.4. The van der Waals surface area contributed by atoms with E-state index < -0.39 is 6.04 Å². The van der Waals surface area contributed by atoms with Gasteiger partial charge in [-0.05, 0) is 13.5 Å². The Kier molecular flexibility index (Phi) is 7.31. The van der Waals surface area contributed by atoms with E-state index in [1.165, 1.54) is 4.90 Å². The predicted molar refractivity (Wildman–Crippen MR) is 94.2 cm³/mol. The number of benzene rings is 1. The lowest BCUT2D eigenvalue weighted by atomic mass is 10.2.